The lowest BCUT2D eigenvalue weighted by Gasteiger charge is -2.23. The quantitative estimate of drug-likeness (QED) is 0.306. The third-order valence-electron chi connectivity index (χ3n) is 3.82. The largest absolute Gasteiger partial charge is 0.409 e. The molecule has 1 aromatic rings. The summed E-state index contributed by atoms with van der Waals surface area (Å²) in [4.78, 5) is 0. The minimum Gasteiger partial charge on any atom is -0.409 e. The SMILES string of the molecule is CCC(C)C(C)NCC(C(N)=NO)c1ccccc1. The number of nitrogens with two attached hydrogens (primary N) is 1. The van der Waals surface area contributed by atoms with Crippen molar-refractivity contribution in [3.8, 4) is 0 Å². The maximum Gasteiger partial charge on any atom is 0.147 e. The number of benzene rings is 1. The maximum absolute atomic E-state index is 8.92. The summed E-state index contributed by atoms with van der Waals surface area (Å²) >= 11 is 0. The third kappa shape index (κ3) is 4.56. The van der Waals surface area contributed by atoms with Crippen LogP contribution in [0.1, 0.15) is 38.7 Å². The van der Waals surface area contributed by atoms with Crippen molar-refractivity contribution in [3.63, 3.8) is 0 Å². The molecule has 0 radical (unpaired) electrons. The van der Waals surface area contributed by atoms with Crippen LogP contribution >= 0.6 is 0 Å². The average Bonchev–Trinajstić information content (AvgIpc) is 2.47. The van der Waals surface area contributed by atoms with E-state index in [-0.39, 0.29) is 11.8 Å². The highest BCUT2D eigenvalue weighted by molar-refractivity contribution is 5.87. The number of oxime groups is 1. The van der Waals surface area contributed by atoms with Gasteiger partial charge in [0.25, 0.3) is 0 Å². The number of hydrogen-bond acceptors (Lipinski definition) is 3. The van der Waals surface area contributed by atoms with Crippen molar-refractivity contribution in [2.45, 2.75) is 39.2 Å². The van der Waals surface area contributed by atoms with Crippen molar-refractivity contribution in [3.05, 3.63) is 35.9 Å². The predicted octanol–water partition coefficient (Wildman–Crippen LogP) is 2.54. The van der Waals surface area contributed by atoms with Crippen LogP contribution in [0.15, 0.2) is 35.5 Å². The standard InChI is InChI=1S/C15H25N3O/c1-4-11(2)12(3)17-10-14(15(16)18-19)13-8-6-5-7-9-13/h5-9,11-12,14,17,19H,4,10H2,1-3H3,(H2,16,18). The molecule has 0 saturated carbocycles. The number of rotatable bonds is 7. The van der Waals surface area contributed by atoms with Crippen LogP contribution in [0.4, 0.5) is 0 Å². The zero-order valence-corrected chi connectivity index (χ0v) is 12.0. The molecule has 3 unspecified atom stereocenters. The highest BCUT2D eigenvalue weighted by Gasteiger charge is 2.18. The van der Waals surface area contributed by atoms with Crippen molar-refractivity contribution in [2.24, 2.45) is 16.8 Å². The Balaban J connectivity index is 2.72. The molecule has 0 heterocycles. The summed E-state index contributed by atoms with van der Waals surface area (Å²) in [6, 6.07) is 10.3. The highest BCUT2D eigenvalue weighted by Crippen LogP contribution is 2.16. The minimum absolute atomic E-state index is 0.0993. The molecule has 0 saturated heterocycles. The topological polar surface area (TPSA) is 70.6 Å². The Morgan fingerprint density at radius 1 is 1.32 bits per heavy atom. The second-order valence-corrected chi connectivity index (χ2v) is 5.07. The number of nitrogens with one attached hydrogen (secondary N) is 1. The molecule has 0 aromatic heterocycles. The van der Waals surface area contributed by atoms with Crippen molar-refractivity contribution in [2.75, 3.05) is 6.54 Å². The molecule has 4 nitrogen and oxygen atoms in total. The molecule has 0 spiro atoms. The number of hydrogen-bond donors (Lipinski definition) is 3. The molecule has 0 amide bonds. The summed E-state index contributed by atoms with van der Waals surface area (Å²) in [5.74, 6) is 0.747. The number of nitrogens with zero attached hydrogens (tertiary/aromatic N) is 1. The predicted molar refractivity (Wildman–Crippen MR) is 79.5 cm³/mol. The third-order valence-corrected chi connectivity index (χ3v) is 3.82. The van der Waals surface area contributed by atoms with E-state index in [0.29, 0.717) is 18.5 Å². The molecule has 4 heteroatoms. The molecule has 0 aliphatic carbocycles. The second kappa shape index (κ2) is 7.79. The van der Waals surface area contributed by atoms with E-state index in [1.807, 2.05) is 30.3 Å². The molecule has 3 atom stereocenters. The molecule has 0 bridgehead atoms. The van der Waals surface area contributed by atoms with Crippen LogP contribution in [0.25, 0.3) is 0 Å². The first-order valence-electron chi connectivity index (χ1n) is 6.85. The van der Waals surface area contributed by atoms with E-state index in [9.17, 15) is 0 Å². The molecule has 0 aliphatic rings. The summed E-state index contributed by atoms with van der Waals surface area (Å²) in [6.45, 7) is 7.24. The zero-order valence-electron chi connectivity index (χ0n) is 12.0. The Bertz CT molecular complexity index is 392. The van der Waals surface area contributed by atoms with Gasteiger partial charge >= 0.3 is 0 Å². The first-order valence-corrected chi connectivity index (χ1v) is 6.85. The Morgan fingerprint density at radius 2 is 1.95 bits per heavy atom. The van der Waals surface area contributed by atoms with E-state index in [1.54, 1.807) is 0 Å². The van der Waals surface area contributed by atoms with Crippen molar-refractivity contribution >= 4 is 5.84 Å². The van der Waals surface area contributed by atoms with Gasteiger partial charge in [0.1, 0.15) is 5.84 Å². The van der Waals surface area contributed by atoms with E-state index in [4.69, 9.17) is 10.9 Å². The Morgan fingerprint density at radius 3 is 2.47 bits per heavy atom. The molecular weight excluding hydrogens is 238 g/mol. The molecular formula is C15H25N3O. The fourth-order valence-electron chi connectivity index (χ4n) is 2.01. The molecule has 106 valence electrons. The fourth-order valence-corrected chi connectivity index (χ4v) is 2.01. The Kier molecular flexibility index (Phi) is 6.36. The van der Waals surface area contributed by atoms with Gasteiger partial charge in [0.15, 0.2) is 0 Å². The zero-order chi connectivity index (χ0) is 14.3. The van der Waals surface area contributed by atoms with E-state index in [1.165, 1.54) is 0 Å². The van der Waals surface area contributed by atoms with Crippen LogP contribution in [0.2, 0.25) is 0 Å². The summed E-state index contributed by atoms with van der Waals surface area (Å²) in [5, 5.41) is 15.6. The molecule has 19 heavy (non-hydrogen) atoms. The van der Waals surface area contributed by atoms with Crippen LogP contribution in [0, 0.1) is 5.92 Å². The van der Waals surface area contributed by atoms with Gasteiger partial charge < -0.3 is 16.3 Å². The minimum atomic E-state index is -0.0993. The summed E-state index contributed by atoms with van der Waals surface area (Å²) in [6.07, 6.45) is 1.13. The van der Waals surface area contributed by atoms with Gasteiger partial charge in [-0.25, -0.2) is 0 Å². The Hall–Kier alpha value is -1.55. The lowest BCUT2D eigenvalue weighted by atomic mass is 9.96. The summed E-state index contributed by atoms with van der Waals surface area (Å²) in [5.41, 5.74) is 6.86. The van der Waals surface area contributed by atoms with Gasteiger partial charge in [-0.2, -0.15) is 0 Å². The second-order valence-electron chi connectivity index (χ2n) is 5.07. The molecule has 4 N–H and O–H groups in total. The first-order chi connectivity index (χ1) is 9.10. The highest BCUT2D eigenvalue weighted by atomic mass is 16.4. The Labute approximate surface area is 115 Å². The summed E-state index contributed by atoms with van der Waals surface area (Å²) < 4.78 is 0. The van der Waals surface area contributed by atoms with E-state index in [2.05, 4.69) is 31.2 Å². The molecule has 0 fully saturated rings. The van der Waals surface area contributed by atoms with Crippen molar-refractivity contribution in [1.29, 1.82) is 0 Å². The van der Waals surface area contributed by atoms with Crippen LogP contribution < -0.4 is 11.1 Å². The van der Waals surface area contributed by atoms with Crippen LogP contribution in [0.3, 0.4) is 0 Å². The number of amidine groups is 1. The average molecular weight is 263 g/mol. The molecule has 1 aromatic carbocycles. The van der Waals surface area contributed by atoms with Gasteiger partial charge in [0, 0.05) is 12.6 Å². The molecule has 0 aliphatic heterocycles. The van der Waals surface area contributed by atoms with E-state index >= 15 is 0 Å². The monoisotopic (exact) mass is 263 g/mol. The van der Waals surface area contributed by atoms with Gasteiger partial charge in [0.05, 0.1) is 5.92 Å². The van der Waals surface area contributed by atoms with Crippen molar-refractivity contribution in [1.82, 2.24) is 5.32 Å². The van der Waals surface area contributed by atoms with Crippen LogP contribution in [-0.4, -0.2) is 23.6 Å². The lowest BCUT2D eigenvalue weighted by molar-refractivity contribution is 0.314. The van der Waals surface area contributed by atoms with Crippen LogP contribution in [0.5, 0.6) is 0 Å². The maximum atomic E-state index is 8.92. The normalized spacial score (nSPS) is 16.9. The smallest absolute Gasteiger partial charge is 0.147 e. The van der Waals surface area contributed by atoms with Gasteiger partial charge in [-0.15, -0.1) is 0 Å². The van der Waals surface area contributed by atoms with Crippen molar-refractivity contribution < 1.29 is 5.21 Å². The van der Waals surface area contributed by atoms with E-state index in [0.717, 1.165) is 12.0 Å². The fraction of sp³-hybridized carbons (Fsp3) is 0.533. The van der Waals surface area contributed by atoms with Gasteiger partial charge in [-0.05, 0) is 18.4 Å². The van der Waals surface area contributed by atoms with E-state index < -0.39 is 0 Å². The van der Waals surface area contributed by atoms with Crippen LogP contribution in [-0.2, 0) is 0 Å². The summed E-state index contributed by atoms with van der Waals surface area (Å²) in [7, 11) is 0. The van der Waals surface area contributed by atoms with Gasteiger partial charge in [-0.3, -0.25) is 0 Å². The lowest BCUT2D eigenvalue weighted by Crippen LogP contribution is -2.38. The van der Waals surface area contributed by atoms with Gasteiger partial charge in [-0.1, -0.05) is 55.8 Å². The molecule has 1 rings (SSSR count). The van der Waals surface area contributed by atoms with Gasteiger partial charge in [0.2, 0.25) is 0 Å². The first kappa shape index (κ1) is 15.5.